The molecule has 2 aromatic heterocycles. The van der Waals surface area contributed by atoms with Gasteiger partial charge in [0.1, 0.15) is 10.7 Å². The van der Waals surface area contributed by atoms with E-state index in [1.807, 2.05) is 36.9 Å². The van der Waals surface area contributed by atoms with Crippen molar-refractivity contribution in [2.24, 2.45) is 0 Å². The van der Waals surface area contributed by atoms with Gasteiger partial charge in [-0.2, -0.15) is 9.61 Å². The average Bonchev–Trinajstić information content (AvgIpc) is 3.42. The first-order valence-electron chi connectivity index (χ1n) is 11.1. The Labute approximate surface area is 199 Å². The number of hydrogen-bond acceptors (Lipinski definition) is 8. The smallest absolute Gasteiger partial charge is 0.293 e. The Morgan fingerprint density at radius 1 is 1.09 bits per heavy atom. The molecule has 0 unspecified atom stereocenters. The molecule has 1 amide bonds. The van der Waals surface area contributed by atoms with Crippen LogP contribution in [-0.4, -0.2) is 43.7 Å². The van der Waals surface area contributed by atoms with Crippen LogP contribution in [0.4, 0.5) is 17.1 Å². The summed E-state index contributed by atoms with van der Waals surface area (Å²) in [6.45, 7) is 5.30. The van der Waals surface area contributed by atoms with E-state index in [-0.39, 0.29) is 11.3 Å². The zero-order chi connectivity index (χ0) is 23.8. The Morgan fingerprint density at radius 2 is 1.88 bits per heavy atom. The third-order valence-electron chi connectivity index (χ3n) is 6.01. The second kappa shape index (κ2) is 8.82. The van der Waals surface area contributed by atoms with E-state index < -0.39 is 10.8 Å². The molecule has 11 heteroatoms. The van der Waals surface area contributed by atoms with E-state index in [1.54, 1.807) is 16.6 Å². The number of nitro benzene ring substituents is 1. The molecule has 4 aromatic rings. The van der Waals surface area contributed by atoms with Crippen molar-refractivity contribution in [1.29, 1.82) is 0 Å². The zero-order valence-corrected chi connectivity index (χ0v) is 19.6. The van der Waals surface area contributed by atoms with E-state index in [0.29, 0.717) is 22.2 Å². The van der Waals surface area contributed by atoms with Gasteiger partial charge in [-0.15, -0.1) is 10.2 Å². The molecule has 10 nitrogen and oxygen atoms in total. The van der Waals surface area contributed by atoms with Gasteiger partial charge in [0, 0.05) is 36.0 Å². The Bertz CT molecular complexity index is 1410. The van der Waals surface area contributed by atoms with Crippen LogP contribution < -0.4 is 10.2 Å². The summed E-state index contributed by atoms with van der Waals surface area (Å²) in [5.74, 6) is 0.301. The van der Waals surface area contributed by atoms with E-state index in [2.05, 4.69) is 20.6 Å². The molecule has 1 fully saturated rings. The Kier molecular flexibility index (Phi) is 5.70. The van der Waals surface area contributed by atoms with Gasteiger partial charge in [0.15, 0.2) is 5.82 Å². The SMILES string of the molecule is Cc1ccc(-c2nn3c(C)nnc3s2)cc1NC(=O)c1ccc(N2CCCCC2)c([N+](=O)[O-])c1. The number of anilines is 2. The number of nitro groups is 1. The highest BCUT2D eigenvalue weighted by atomic mass is 32.1. The lowest BCUT2D eigenvalue weighted by Gasteiger charge is -2.28. The molecule has 0 saturated carbocycles. The standard InChI is InChI=1S/C23H23N7O3S/c1-14-6-7-17(22-27-29-15(2)25-26-23(29)34-22)12-18(14)24-21(31)16-8-9-19(20(13-16)30(32)33)28-10-4-3-5-11-28/h6-9,12-13H,3-5,10-11H2,1-2H3,(H,24,31). The molecule has 5 rings (SSSR count). The summed E-state index contributed by atoms with van der Waals surface area (Å²) in [7, 11) is 0. The maximum absolute atomic E-state index is 13.0. The topological polar surface area (TPSA) is 119 Å². The van der Waals surface area contributed by atoms with Crippen molar-refractivity contribution in [3.05, 3.63) is 63.5 Å². The molecule has 0 bridgehead atoms. The molecule has 1 aliphatic heterocycles. The molecule has 3 heterocycles. The number of hydrogen-bond donors (Lipinski definition) is 1. The molecule has 1 saturated heterocycles. The van der Waals surface area contributed by atoms with Crippen molar-refractivity contribution in [3.8, 4) is 10.6 Å². The number of nitrogens with zero attached hydrogens (tertiary/aromatic N) is 6. The van der Waals surface area contributed by atoms with Gasteiger partial charge in [-0.1, -0.05) is 23.5 Å². The minimum Gasteiger partial charge on any atom is -0.366 e. The summed E-state index contributed by atoms with van der Waals surface area (Å²) in [5.41, 5.74) is 3.09. The van der Waals surface area contributed by atoms with E-state index in [9.17, 15) is 14.9 Å². The van der Waals surface area contributed by atoms with E-state index in [4.69, 9.17) is 0 Å². The van der Waals surface area contributed by atoms with Crippen LogP contribution in [0.1, 0.15) is 41.0 Å². The van der Waals surface area contributed by atoms with Gasteiger partial charge in [0.2, 0.25) is 4.96 Å². The van der Waals surface area contributed by atoms with Crippen molar-refractivity contribution >= 4 is 39.3 Å². The predicted molar refractivity (Wildman–Crippen MR) is 131 cm³/mol. The van der Waals surface area contributed by atoms with Gasteiger partial charge in [-0.25, -0.2) is 0 Å². The number of rotatable bonds is 5. The molecule has 34 heavy (non-hydrogen) atoms. The molecule has 1 N–H and O–H groups in total. The fourth-order valence-electron chi connectivity index (χ4n) is 4.13. The fraction of sp³-hybridized carbons (Fsp3) is 0.304. The van der Waals surface area contributed by atoms with Crippen molar-refractivity contribution < 1.29 is 9.72 Å². The minimum absolute atomic E-state index is 0.0462. The highest BCUT2D eigenvalue weighted by Crippen LogP contribution is 2.33. The highest BCUT2D eigenvalue weighted by molar-refractivity contribution is 7.19. The summed E-state index contributed by atoms with van der Waals surface area (Å²) >= 11 is 1.41. The van der Waals surface area contributed by atoms with E-state index in [0.717, 1.165) is 48.5 Å². The average molecular weight is 478 g/mol. The van der Waals surface area contributed by atoms with Crippen molar-refractivity contribution in [1.82, 2.24) is 19.8 Å². The molecule has 2 aromatic carbocycles. The number of aromatic nitrogens is 4. The van der Waals surface area contributed by atoms with E-state index in [1.165, 1.54) is 17.4 Å². The van der Waals surface area contributed by atoms with Crippen molar-refractivity contribution in [3.63, 3.8) is 0 Å². The third-order valence-corrected chi connectivity index (χ3v) is 6.96. The monoisotopic (exact) mass is 477 g/mol. The van der Waals surface area contributed by atoms with Gasteiger partial charge < -0.3 is 10.2 Å². The van der Waals surface area contributed by atoms with Crippen LogP contribution in [0.5, 0.6) is 0 Å². The first-order chi connectivity index (χ1) is 16.4. The molecule has 0 aliphatic carbocycles. The lowest BCUT2D eigenvalue weighted by atomic mass is 10.1. The fourth-order valence-corrected chi connectivity index (χ4v) is 5.01. The van der Waals surface area contributed by atoms with Crippen LogP contribution in [0, 0.1) is 24.0 Å². The lowest BCUT2D eigenvalue weighted by Crippen LogP contribution is -2.30. The zero-order valence-electron chi connectivity index (χ0n) is 18.8. The molecular formula is C23H23N7O3S. The molecule has 0 spiro atoms. The molecular weight excluding hydrogens is 454 g/mol. The predicted octanol–water partition coefficient (Wildman–Crippen LogP) is 4.62. The van der Waals surface area contributed by atoms with Gasteiger partial charge >= 0.3 is 0 Å². The van der Waals surface area contributed by atoms with Crippen LogP contribution in [-0.2, 0) is 0 Å². The van der Waals surface area contributed by atoms with Crippen molar-refractivity contribution in [2.75, 3.05) is 23.3 Å². The maximum Gasteiger partial charge on any atom is 0.293 e. The summed E-state index contributed by atoms with van der Waals surface area (Å²) in [5, 5.41) is 28.1. The maximum atomic E-state index is 13.0. The van der Waals surface area contributed by atoms with Gasteiger partial charge in [0.25, 0.3) is 11.6 Å². The van der Waals surface area contributed by atoms with Crippen LogP contribution in [0.3, 0.4) is 0 Å². The Morgan fingerprint density at radius 3 is 2.62 bits per heavy atom. The lowest BCUT2D eigenvalue weighted by molar-refractivity contribution is -0.384. The summed E-state index contributed by atoms with van der Waals surface area (Å²) in [6.07, 6.45) is 3.15. The number of piperidine rings is 1. The van der Waals surface area contributed by atoms with Crippen LogP contribution in [0.2, 0.25) is 0 Å². The van der Waals surface area contributed by atoms with Gasteiger partial charge in [-0.3, -0.25) is 14.9 Å². The normalized spacial score (nSPS) is 13.9. The first kappa shape index (κ1) is 22.0. The van der Waals surface area contributed by atoms with Gasteiger partial charge in [-0.05, 0) is 56.9 Å². The Balaban J connectivity index is 1.42. The number of carbonyl (C=O) groups is 1. The van der Waals surface area contributed by atoms with E-state index >= 15 is 0 Å². The number of fused-ring (bicyclic) bond motifs is 1. The van der Waals surface area contributed by atoms with Crippen LogP contribution in [0.15, 0.2) is 36.4 Å². The summed E-state index contributed by atoms with van der Waals surface area (Å²) in [6, 6.07) is 10.4. The number of carbonyl (C=O) groups excluding carboxylic acids is 1. The second-order valence-electron chi connectivity index (χ2n) is 8.34. The number of benzene rings is 2. The molecule has 0 radical (unpaired) electrons. The Hall–Kier alpha value is -3.86. The third kappa shape index (κ3) is 4.10. The minimum atomic E-state index is -0.414. The number of nitrogens with one attached hydrogen (secondary N) is 1. The number of aryl methyl sites for hydroxylation is 2. The largest absolute Gasteiger partial charge is 0.366 e. The molecule has 1 aliphatic rings. The highest BCUT2D eigenvalue weighted by Gasteiger charge is 2.23. The summed E-state index contributed by atoms with van der Waals surface area (Å²) < 4.78 is 1.68. The quantitative estimate of drug-likeness (QED) is 0.329. The van der Waals surface area contributed by atoms with Crippen LogP contribution in [0.25, 0.3) is 15.5 Å². The second-order valence-corrected chi connectivity index (χ2v) is 9.30. The summed E-state index contributed by atoms with van der Waals surface area (Å²) in [4.78, 5) is 27.1. The number of amides is 1. The van der Waals surface area contributed by atoms with Gasteiger partial charge in [0.05, 0.1) is 4.92 Å². The molecule has 174 valence electrons. The first-order valence-corrected chi connectivity index (χ1v) is 11.9. The molecule has 0 atom stereocenters. The van der Waals surface area contributed by atoms with Crippen molar-refractivity contribution in [2.45, 2.75) is 33.1 Å². The van der Waals surface area contributed by atoms with Crippen LogP contribution >= 0.6 is 11.3 Å².